The molecular weight excluding hydrogens is 154 g/mol. The van der Waals surface area contributed by atoms with E-state index in [0.29, 0.717) is 19.1 Å². The summed E-state index contributed by atoms with van der Waals surface area (Å²) >= 11 is 0. The van der Waals surface area contributed by atoms with E-state index in [1.165, 1.54) is 6.26 Å². The van der Waals surface area contributed by atoms with Crippen LogP contribution in [0, 0.1) is 5.92 Å². The monoisotopic (exact) mass is 169 g/mol. The third-order valence-electron chi connectivity index (χ3n) is 1.80. The summed E-state index contributed by atoms with van der Waals surface area (Å²) in [6, 6.07) is 0. The molecule has 0 saturated heterocycles. The van der Waals surface area contributed by atoms with Gasteiger partial charge in [-0.3, -0.25) is 4.79 Å². The molecule has 1 amide bonds. The molecule has 0 aliphatic heterocycles. The average Bonchev–Trinajstić information content (AvgIpc) is 2.86. The van der Waals surface area contributed by atoms with Gasteiger partial charge in [-0.1, -0.05) is 6.58 Å². The van der Waals surface area contributed by atoms with E-state index in [9.17, 15) is 4.79 Å². The topological polar surface area (TPSA) is 38.3 Å². The molecule has 0 bridgehead atoms. The molecule has 12 heavy (non-hydrogen) atoms. The Labute approximate surface area is 72.8 Å². The van der Waals surface area contributed by atoms with Gasteiger partial charge in [-0.2, -0.15) is 0 Å². The van der Waals surface area contributed by atoms with E-state index in [-0.39, 0.29) is 5.91 Å². The largest absolute Gasteiger partial charge is 0.502 e. The quantitative estimate of drug-likeness (QED) is 0.477. The third kappa shape index (κ3) is 3.42. The second-order valence-corrected chi connectivity index (χ2v) is 2.96. The Morgan fingerprint density at radius 3 is 3.00 bits per heavy atom. The molecule has 3 heteroatoms. The van der Waals surface area contributed by atoms with Crippen molar-refractivity contribution in [1.82, 2.24) is 5.32 Å². The average molecular weight is 169 g/mol. The highest BCUT2D eigenvalue weighted by molar-refractivity contribution is 5.80. The Morgan fingerprint density at radius 2 is 2.42 bits per heavy atom. The molecule has 1 rings (SSSR count). The highest BCUT2D eigenvalue weighted by Gasteiger charge is 2.28. The van der Waals surface area contributed by atoms with Gasteiger partial charge in [0, 0.05) is 12.5 Å². The van der Waals surface area contributed by atoms with E-state index in [1.807, 2.05) is 0 Å². The smallest absolute Gasteiger partial charge is 0.223 e. The minimum absolute atomic E-state index is 0.202. The molecule has 3 nitrogen and oxygen atoms in total. The van der Waals surface area contributed by atoms with Crippen LogP contribution in [0.2, 0.25) is 0 Å². The Kier molecular flexibility index (Phi) is 3.64. The number of amides is 1. The van der Waals surface area contributed by atoms with Gasteiger partial charge in [0.25, 0.3) is 0 Å². The third-order valence-corrected chi connectivity index (χ3v) is 1.80. The van der Waals surface area contributed by atoms with Crippen molar-refractivity contribution < 1.29 is 9.53 Å². The lowest BCUT2D eigenvalue weighted by Crippen LogP contribution is -2.26. The number of ether oxygens (including phenoxy) is 1. The van der Waals surface area contributed by atoms with Crippen molar-refractivity contribution in [3.63, 3.8) is 0 Å². The van der Waals surface area contributed by atoms with Gasteiger partial charge in [-0.15, -0.1) is 0 Å². The Bertz CT molecular complexity index is 164. The fourth-order valence-electron chi connectivity index (χ4n) is 0.940. The van der Waals surface area contributed by atoms with Gasteiger partial charge < -0.3 is 10.1 Å². The molecule has 0 heterocycles. The summed E-state index contributed by atoms with van der Waals surface area (Å²) in [6.45, 7) is 4.77. The van der Waals surface area contributed by atoms with Crippen LogP contribution in [-0.4, -0.2) is 19.1 Å². The molecule has 0 aromatic rings. The molecule has 0 aromatic heterocycles. The van der Waals surface area contributed by atoms with Gasteiger partial charge >= 0.3 is 0 Å². The number of carbonyl (C=O) groups is 1. The number of carbonyl (C=O) groups excluding carboxylic acids is 1. The van der Waals surface area contributed by atoms with E-state index in [4.69, 9.17) is 4.74 Å². The zero-order chi connectivity index (χ0) is 8.81. The minimum Gasteiger partial charge on any atom is -0.502 e. The molecular formula is C9H15NO2. The van der Waals surface area contributed by atoms with Crippen LogP contribution in [0.3, 0.4) is 0 Å². The zero-order valence-electron chi connectivity index (χ0n) is 7.21. The predicted molar refractivity (Wildman–Crippen MR) is 46.5 cm³/mol. The molecule has 0 atom stereocenters. The Morgan fingerprint density at radius 1 is 1.67 bits per heavy atom. The van der Waals surface area contributed by atoms with Crippen LogP contribution >= 0.6 is 0 Å². The lowest BCUT2D eigenvalue weighted by Gasteiger charge is -2.03. The van der Waals surface area contributed by atoms with E-state index >= 15 is 0 Å². The van der Waals surface area contributed by atoms with Crippen molar-refractivity contribution in [2.45, 2.75) is 19.3 Å². The highest BCUT2D eigenvalue weighted by atomic mass is 16.5. The fraction of sp³-hybridized carbons (Fsp3) is 0.667. The van der Waals surface area contributed by atoms with Gasteiger partial charge in [-0.05, 0) is 19.3 Å². The maximum atomic E-state index is 11.1. The molecule has 68 valence electrons. The highest BCUT2D eigenvalue weighted by Crippen LogP contribution is 2.28. The van der Waals surface area contributed by atoms with E-state index in [0.717, 1.165) is 19.3 Å². The fourth-order valence-corrected chi connectivity index (χ4v) is 0.940. The van der Waals surface area contributed by atoms with Crippen molar-refractivity contribution in [2.24, 2.45) is 5.92 Å². The first-order valence-corrected chi connectivity index (χ1v) is 4.35. The summed E-state index contributed by atoms with van der Waals surface area (Å²) in [5.41, 5.74) is 0. The molecule has 0 aromatic carbocycles. The van der Waals surface area contributed by atoms with Gasteiger partial charge in [0.1, 0.15) is 0 Å². The normalized spacial score (nSPS) is 15.3. The zero-order valence-corrected chi connectivity index (χ0v) is 7.21. The Hall–Kier alpha value is -0.990. The Balaban J connectivity index is 1.87. The first-order chi connectivity index (χ1) is 5.84. The molecule has 0 spiro atoms. The van der Waals surface area contributed by atoms with Crippen LogP contribution in [0.4, 0.5) is 0 Å². The van der Waals surface area contributed by atoms with Crippen LogP contribution < -0.4 is 5.32 Å². The van der Waals surface area contributed by atoms with Crippen molar-refractivity contribution in [3.05, 3.63) is 12.8 Å². The van der Waals surface area contributed by atoms with Crippen LogP contribution in [0.5, 0.6) is 0 Å². The maximum Gasteiger partial charge on any atom is 0.223 e. The second kappa shape index (κ2) is 4.80. The van der Waals surface area contributed by atoms with Crippen molar-refractivity contribution in [2.75, 3.05) is 13.2 Å². The standard InChI is InChI=1S/C9H15NO2/c1-2-12-7-3-6-10-9(11)8-4-5-8/h2,8H,1,3-7H2,(H,10,11). The first-order valence-electron chi connectivity index (χ1n) is 4.35. The summed E-state index contributed by atoms with van der Waals surface area (Å²) in [4.78, 5) is 11.1. The molecule has 1 saturated carbocycles. The summed E-state index contributed by atoms with van der Waals surface area (Å²) in [6.07, 6.45) is 4.40. The summed E-state index contributed by atoms with van der Waals surface area (Å²) in [7, 11) is 0. The van der Waals surface area contributed by atoms with E-state index in [2.05, 4.69) is 11.9 Å². The molecule has 1 fully saturated rings. The predicted octanol–water partition coefficient (Wildman–Crippen LogP) is 1.06. The lowest BCUT2D eigenvalue weighted by molar-refractivity contribution is -0.122. The first kappa shape index (κ1) is 9.10. The van der Waals surface area contributed by atoms with Crippen molar-refractivity contribution in [3.8, 4) is 0 Å². The van der Waals surface area contributed by atoms with Gasteiger partial charge in [0.05, 0.1) is 12.9 Å². The molecule has 0 radical (unpaired) electrons. The number of nitrogens with one attached hydrogen (secondary N) is 1. The van der Waals surface area contributed by atoms with Gasteiger partial charge in [0.2, 0.25) is 5.91 Å². The van der Waals surface area contributed by atoms with E-state index in [1.54, 1.807) is 0 Å². The minimum atomic E-state index is 0.202. The number of hydrogen-bond acceptors (Lipinski definition) is 2. The van der Waals surface area contributed by atoms with E-state index < -0.39 is 0 Å². The number of rotatable bonds is 6. The SMILES string of the molecule is C=COCCCNC(=O)C1CC1. The van der Waals surface area contributed by atoms with Crippen molar-refractivity contribution in [1.29, 1.82) is 0 Å². The summed E-state index contributed by atoms with van der Waals surface area (Å²) in [5.74, 6) is 0.513. The second-order valence-electron chi connectivity index (χ2n) is 2.96. The molecule has 1 aliphatic rings. The van der Waals surface area contributed by atoms with Gasteiger partial charge in [0.15, 0.2) is 0 Å². The number of hydrogen-bond donors (Lipinski definition) is 1. The lowest BCUT2D eigenvalue weighted by atomic mass is 10.3. The van der Waals surface area contributed by atoms with Crippen LogP contribution in [-0.2, 0) is 9.53 Å². The van der Waals surface area contributed by atoms with Gasteiger partial charge in [-0.25, -0.2) is 0 Å². The van der Waals surface area contributed by atoms with Crippen LogP contribution in [0.1, 0.15) is 19.3 Å². The summed E-state index contributed by atoms with van der Waals surface area (Å²) in [5, 5.41) is 2.85. The molecule has 1 aliphatic carbocycles. The molecule has 1 N–H and O–H groups in total. The summed E-state index contributed by atoms with van der Waals surface area (Å²) < 4.78 is 4.90. The molecule has 0 unspecified atom stereocenters. The van der Waals surface area contributed by atoms with Crippen LogP contribution in [0.25, 0.3) is 0 Å². The maximum absolute atomic E-state index is 11.1. The van der Waals surface area contributed by atoms with Crippen molar-refractivity contribution >= 4 is 5.91 Å². The van der Waals surface area contributed by atoms with Crippen LogP contribution in [0.15, 0.2) is 12.8 Å².